The monoisotopic (exact) mass is 343 g/mol. The summed E-state index contributed by atoms with van der Waals surface area (Å²) in [6.07, 6.45) is 0.898. The molecule has 0 amide bonds. The molecule has 2 aromatic rings. The first-order chi connectivity index (χ1) is 8.61. The minimum absolute atomic E-state index is 0.290. The zero-order valence-electron chi connectivity index (χ0n) is 10.3. The van der Waals surface area contributed by atoms with Crippen molar-refractivity contribution in [2.24, 2.45) is 0 Å². The predicted octanol–water partition coefficient (Wildman–Crippen LogP) is 4.98. The van der Waals surface area contributed by atoms with E-state index in [9.17, 15) is 0 Å². The summed E-state index contributed by atoms with van der Waals surface area (Å²) in [5.74, 6) is 0. The Morgan fingerprint density at radius 2 is 2.11 bits per heavy atom. The second-order valence-electron chi connectivity index (χ2n) is 4.21. The number of hydrogen-bond donors (Lipinski definition) is 1. The van der Waals surface area contributed by atoms with E-state index >= 15 is 0 Å². The molecule has 1 heterocycles. The molecule has 4 heteroatoms. The fraction of sp³-hybridized carbons (Fsp3) is 0.286. The van der Waals surface area contributed by atoms with Crippen molar-refractivity contribution in [3.05, 3.63) is 55.1 Å². The maximum Gasteiger partial charge on any atom is 0.0465 e. The van der Waals surface area contributed by atoms with Crippen molar-refractivity contribution in [3.63, 3.8) is 0 Å². The average molecular weight is 345 g/mol. The topological polar surface area (TPSA) is 12.0 Å². The first-order valence-corrected chi connectivity index (χ1v) is 7.77. The third-order valence-electron chi connectivity index (χ3n) is 2.88. The van der Waals surface area contributed by atoms with E-state index in [0.717, 1.165) is 11.4 Å². The van der Waals surface area contributed by atoms with Crippen LogP contribution in [0.1, 0.15) is 21.4 Å². The molecule has 0 saturated heterocycles. The molecular formula is C14H15BrClNS. The fourth-order valence-electron chi connectivity index (χ4n) is 1.95. The van der Waals surface area contributed by atoms with Gasteiger partial charge in [-0.1, -0.05) is 29.8 Å². The number of aryl methyl sites for hydroxylation is 1. The van der Waals surface area contributed by atoms with Gasteiger partial charge >= 0.3 is 0 Å². The lowest BCUT2D eigenvalue weighted by molar-refractivity contribution is 0.600. The van der Waals surface area contributed by atoms with Crippen molar-refractivity contribution in [2.75, 3.05) is 7.05 Å². The third-order valence-corrected chi connectivity index (χ3v) is 5.33. The number of thiophene rings is 1. The van der Waals surface area contributed by atoms with Crippen molar-refractivity contribution < 1.29 is 0 Å². The van der Waals surface area contributed by atoms with Crippen molar-refractivity contribution >= 4 is 38.9 Å². The number of hydrogen-bond acceptors (Lipinski definition) is 2. The SMILES string of the molecule is CNC(Cc1ccccc1Cl)c1sc(C)cc1Br. The zero-order valence-corrected chi connectivity index (χ0v) is 13.5. The van der Waals surface area contributed by atoms with Crippen molar-refractivity contribution in [1.82, 2.24) is 5.32 Å². The summed E-state index contributed by atoms with van der Waals surface area (Å²) in [7, 11) is 1.99. The molecule has 0 fully saturated rings. The minimum atomic E-state index is 0.290. The summed E-state index contributed by atoms with van der Waals surface area (Å²) in [5, 5.41) is 4.21. The Kier molecular flexibility index (Phi) is 4.84. The van der Waals surface area contributed by atoms with Gasteiger partial charge in [-0.05, 0) is 54.0 Å². The Bertz CT molecular complexity index is 538. The lowest BCUT2D eigenvalue weighted by atomic mass is 10.0. The summed E-state index contributed by atoms with van der Waals surface area (Å²) >= 11 is 11.7. The minimum Gasteiger partial charge on any atom is -0.312 e. The van der Waals surface area contributed by atoms with Crippen LogP contribution in [-0.2, 0) is 6.42 Å². The maximum absolute atomic E-state index is 6.22. The first kappa shape index (κ1) is 14.1. The molecule has 0 aliphatic heterocycles. The Morgan fingerprint density at radius 1 is 1.39 bits per heavy atom. The first-order valence-electron chi connectivity index (χ1n) is 5.78. The Hall–Kier alpha value is -0.350. The van der Waals surface area contributed by atoms with Crippen LogP contribution in [0.4, 0.5) is 0 Å². The highest BCUT2D eigenvalue weighted by Crippen LogP contribution is 2.34. The molecule has 1 aromatic heterocycles. The molecule has 1 aromatic carbocycles. The van der Waals surface area contributed by atoms with E-state index in [1.807, 2.05) is 36.6 Å². The van der Waals surface area contributed by atoms with Gasteiger partial charge in [0.15, 0.2) is 0 Å². The van der Waals surface area contributed by atoms with Gasteiger partial charge in [0, 0.05) is 25.3 Å². The van der Waals surface area contributed by atoms with Gasteiger partial charge in [0.1, 0.15) is 0 Å². The van der Waals surface area contributed by atoms with Crippen LogP contribution >= 0.6 is 38.9 Å². The lowest BCUT2D eigenvalue weighted by Gasteiger charge is -2.16. The highest BCUT2D eigenvalue weighted by Gasteiger charge is 2.17. The van der Waals surface area contributed by atoms with Crippen LogP contribution in [0.15, 0.2) is 34.8 Å². The van der Waals surface area contributed by atoms with Gasteiger partial charge in [0.25, 0.3) is 0 Å². The quantitative estimate of drug-likeness (QED) is 0.825. The number of rotatable bonds is 4. The van der Waals surface area contributed by atoms with E-state index in [4.69, 9.17) is 11.6 Å². The van der Waals surface area contributed by atoms with Crippen LogP contribution in [-0.4, -0.2) is 7.05 Å². The van der Waals surface area contributed by atoms with Crippen LogP contribution in [0, 0.1) is 6.92 Å². The smallest absolute Gasteiger partial charge is 0.0465 e. The number of halogens is 2. The van der Waals surface area contributed by atoms with Crippen molar-refractivity contribution in [3.8, 4) is 0 Å². The van der Waals surface area contributed by atoms with Gasteiger partial charge in [-0.25, -0.2) is 0 Å². The third kappa shape index (κ3) is 3.15. The molecule has 0 spiro atoms. The van der Waals surface area contributed by atoms with Gasteiger partial charge in [-0.3, -0.25) is 0 Å². The molecule has 0 saturated carbocycles. The second kappa shape index (κ2) is 6.20. The summed E-state index contributed by atoms with van der Waals surface area (Å²) in [6.45, 7) is 2.13. The van der Waals surface area contributed by atoms with Crippen LogP contribution in [0.2, 0.25) is 5.02 Å². The highest BCUT2D eigenvalue weighted by molar-refractivity contribution is 9.10. The van der Waals surface area contributed by atoms with Crippen molar-refractivity contribution in [1.29, 1.82) is 0 Å². The maximum atomic E-state index is 6.22. The predicted molar refractivity (Wildman–Crippen MR) is 83.7 cm³/mol. The van der Waals surface area contributed by atoms with Crippen LogP contribution in [0.25, 0.3) is 0 Å². The largest absolute Gasteiger partial charge is 0.312 e. The molecular weight excluding hydrogens is 330 g/mol. The molecule has 1 unspecified atom stereocenters. The van der Waals surface area contributed by atoms with Gasteiger partial charge in [0.05, 0.1) is 0 Å². The summed E-state index contributed by atoms with van der Waals surface area (Å²) in [6, 6.07) is 10.5. The van der Waals surface area contributed by atoms with Gasteiger partial charge in [-0.15, -0.1) is 11.3 Å². The normalized spacial score (nSPS) is 12.7. The standard InChI is InChI=1S/C14H15BrClNS/c1-9-7-11(15)14(18-9)13(17-2)8-10-5-3-4-6-12(10)16/h3-7,13,17H,8H2,1-2H3. The number of nitrogens with one attached hydrogen (secondary N) is 1. The second-order valence-corrected chi connectivity index (χ2v) is 6.76. The average Bonchev–Trinajstić information content (AvgIpc) is 2.67. The molecule has 0 radical (unpaired) electrons. The molecule has 0 aliphatic carbocycles. The Labute approximate surface area is 125 Å². The van der Waals surface area contributed by atoms with E-state index in [0.29, 0.717) is 0 Å². The molecule has 0 aliphatic rings. The molecule has 1 nitrogen and oxygen atoms in total. The van der Waals surface area contributed by atoms with E-state index < -0.39 is 0 Å². The van der Waals surface area contributed by atoms with Crippen LogP contribution in [0.5, 0.6) is 0 Å². The van der Waals surface area contributed by atoms with E-state index in [2.05, 4.69) is 40.3 Å². The molecule has 96 valence electrons. The summed E-state index contributed by atoms with van der Waals surface area (Å²) in [5.41, 5.74) is 1.18. The molecule has 2 rings (SSSR count). The van der Waals surface area contributed by atoms with E-state index in [-0.39, 0.29) is 6.04 Å². The fourth-order valence-corrected chi connectivity index (χ4v) is 4.20. The Balaban J connectivity index is 2.25. The summed E-state index contributed by atoms with van der Waals surface area (Å²) in [4.78, 5) is 2.64. The summed E-state index contributed by atoms with van der Waals surface area (Å²) < 4.78 is 1.18. The van der Waals surface area contributed by atoms with Crippen LogP contribution < -0.4 is 5.32 Å². The van der Waals surface area contributed by atoms with E-state index in [1.54, 1.807) is 0 Å². The number of benzene rings is 1. The van der Waals surface area contributed by atoms with Gasteiger partial charge in [-0.2, -0.15) is 0 Å². The van der Waals surface area contributed by atoms with Gasteiger partial charge in [0.2, 0.25) is 0 Å². The lowest BCUT2D eigenvalue weighted by Crippen LogP contribution is -2.18. The molecule has 1 atom stereocenters. The van der Waals surface area contributed by atoms with Crippen molar-refractivity contribution in [2.45, 2.75) is 19.4 Å². The Morgan fingerprint density at radius 3 is 2.67 bits per heavy atom. The van der Waals surface area contributed by atoms with Gasteiger partial charge < -0.3 is 5.32 Å². The van der Waals surface area contributed by atoms with E-state index in [1.165, 1.54) is 19.8 Å². The molecule has 1 N–H and O–H groups in total. The zero-order chi connectivity index (χ0) is 13.1. The highest BCUT2D eigenvalue weighted by atomic mass is 79.9. The number of likely N-dealkylation sites (N-methyl/N-ethyl adjacent to an activating group) is 1. The van der Waals surface area contributed by atoms with Crippen LogP contribution in [0.3, 0.4) is 0 Å². The molecule has 0 bridgehead atoms. The molecule has 18 heavy (non-hydrogen) atoms.